The van der Waals surface area contributed by atoms with Gasteiger partial charge in [-0.05, 0) is 42.2 Å². The van der Waals surface area contributed by atoms with Crippen LogP contribution in [0.25, 0.3) is 16.9 Å². The number of imidazole rings is 1. The maximum absolute atomic E-state index is 14.7. The fraction of sp³-hybridized carbons (Fsp3) is 0.250. The number of benzene rings is 2. The van der Waals surface area contributed by atoms with Crippen molar-refractivity contribution in [3.8, 4) is 11.8 Å². The Hall–Kier alpha value is -4.06. The van der Waals surface area contributed by atoms with Gasteiger partial charge in [-0.3, -0.25) is 9.36 Å². The highest BCUT2D eigenvalue weighted by molar-refractivity contribution is 5.72. The molecule has 9 heteroatoms. The average Bonchev–Trinajstić information content (AvgIpc) is 3.18. The van der Waals surface area contributed by atoms with Gasteiger partial charge in [0.05, 0.1) is 23.6 Å². The molecular weight excluding hydrogens is 428 g/mol. The molecule has 0 aliphatic carbocycles. The summed E-state index contributed by atoms with van der Waals surface area (Å²) in [5.74, 6) is -1.49. The Morgan fingerprint density at radius 1 is 1.09 bits per heavy atom. The summed E-state index contributed by atoms with van der Waals surface area (Å²) in [7, 11) is 0. The van der Waals surface area contributed by atoms with Crippen LogP contribution in [0, 0.1) is 28.9 Å². The highest BCUT2D eigenvalue weighted by Gasteiger charge is 2.21. The smallest absolute Gasteiger partial charge is 0.320 e. The lowest BCUT2D eigenvalue weighted by Crippen LogP contribution is -2.40. The monoisotopic (exact) mass is 449 g/mol. The number of fused-ring (bicyclic) bond motifs is 1. The van der Waals surface area contributed by atoms with Crippen molar-refractivity contribution in [2.75, 3.05) is 0 Å². The van der Waals surface area contributed by atoms with E-state index in [0.717, 1.165) is 26.8 Å². The van der Waals surface area contributed by atoms with Crippen molar-refractivity contribution >= 4 is 11.2 Å². The molecule has 33 heavy (non-hydrogen) atoms. The Bertz CT molecular complexity index is 1490. The van der Waals surface area contributed by atoms with Crippen molar-refractivity contribution in [3.05, 3.63) is 92.4 Å². The summed E-state index contributed by atoms with van der Waals surface area (Å²) < 4.78 is 31.8. The number of nitrogens with zero attached hydrogens (tertiary/aromatic N) is 5. The highest BCUT2D eigenvalue weighted by atomic mass is 19.1. The first-order valence-corrected chi connectivity index (χ1v) is 10.4. The molecule has 0 aliphatic heterocycles. The fourth-order valence-corrected chi connectivity index (χ4v) is 3.65. The third kappa shape index (κ3) is 4.20. The second-order valence-corrected chi connectivity index (χ2v) is 8.21. The van der Waals surface area contributed by atoms with Gasteiger partial charge in [0.2, 0.25) is 0 Å². The standard InChI is InChI=1S/C24H21F2N5O2/c1-15(2)9-10-30-23(32)21-22(31(24(30)33)20-8-7-18(25)11-19(20)26)28-14-29(21)13-17-5-3-16(12-27)4-6-17/h3-8,11,14-15H,9-10,13H2,1-2H3. The summed E-state index contributed by atoms with van der Waals surface area (Å²) >= 11 is 0. The first-order chi connectivity index (χ1) is 15.8. The van der Waals surface area contributed by atoms with Crippen LogP contribution in [0.3, 0.4) is 0 Å². The Morgan fingerprint density at radius 2 is 1.82 bits per heavy atom. The Kier molecular flexibility index (Phi) is 5.92. The Labute approximate surface area is 187 Å². The second kappa shape index (κ2) is 8.82. The molecule has 0 unspecified atom stereocenters. The number of hydrogen-bond donors (Lipinski definition) is 0. The van der Waals surface area contributed by atoms with Gasteiger partial charge in [-0.1, -0.05) is 26.0 Å². The molecule has 0 radical (unpaired) electrons. The first kappa shape index (κ1) is 22.1. The molecule has 7 nitrogen and oxygen atoms in total. The van der Waals surface area contributed by atoms with Gasteiger partial charge in [0, 0.05) is 19.2 Å². The minimum absolute atomic E-state index is 0.00931. The molecule has 0 spiro atoms. The van der Waals surface area contributed by atoms with E-state index in [9.17, 15) is 18.4 Å². The molecule has 0 bridgehead atoms. The number of rotatable bonds is 6. The van der Waals surface area contributed by atoms with E-state index in [1.807, 2.05) is 13.8 Å². The topological polar surface area (TPSA) is 85.6 Å². The molecule has 0 saturated carbocycles. The summed E-state index contributed by atoms with van der Waals surface area (Å²) in [6.07, 6.45) is 1.98. The van der Waals surface area contributed by atoms with Crippen LogP contribution in [0.5, 0.6) is 0 Å². The lowest BCUT2D eigenvalue weighted by molar-refractivity contribution is 0.490. The van der Waals surface area contributed by atoms with Gasteiger partial charge in [-0.25, -0.2) is 23.1 Å². The van der Waals surface area contributed by atoms with Crippen LogP contribution < -0.4 is 11.2 Å². The third-order valence-electron chi connectivity index (χ3n) is 5.42. The van der Waals surface area contributed by atoms with E-state index in [4.69, 9.17) is 5.26 Å². The Balaban J connectivity index is 1.95. The fourth-order valence-electron chi connectivity index (χ4n) is 3.65. The number of nitriles is 1. The minimum atomic E-state index is -0.936. The molecule has 0 aliphatic rings. The first-order valence-electron chi connectivity index (χ1n) is 10.4. The zero-order valence-electron chi connectivity index (χ0n) is 18.1. The van der Waals surface area contributed by atoms with E-state index >= 15 is 0 Å². The lowest BCUT2D eigenvalue weighted by Gasteiger charge is -2.14. The zero-order valence-corrected chi connectivity index (χ0v) is 18.1. The molecule has 2 aromatic carbocycles. The van der Waals surface area contributed by atoms with Gasteiger partial charge < -0.3 is 4.57 Å². The van der Waals surface area contributed by atoms with Crippen LogP contribution in [0.4, 0.5) is 8.78 Å². The second-order valence-electron chi connectivity index (χ2n) is 8.21. The summed E-state index contributed by atoms with van der Waals surface area (Å²) in [6.45, 7) is 4.34. The molecule has 4 rings (SSSR count). The third-order valence-corrected chi connectivity index (χ3v) is 5.42. The van der Waals surface area contributed by atoms with Crippen LogP contribution in [0.15, 0.2) is 58.4 Å². The molecule has 2 heterocycles. The van der Waals surface area contributed by atoms with Crippen molar-refractivity contribution in [2.24, 2.45) is 5.92 Å². The van der Waals surface area contributed by atoms with Gasteiger partial charge in [-0.2, -0.15) is 5.26 Å². The van der Waals surface area contributed by atoms with Crippen molar-refractivity contribution < 1.29 is 8.78 Å². The van der Waals surface area contributed by atoms with Crippen LogP contribution in [-0.2, 0) is 13.1 Å². The van der Waals surface area contributed by atoms with Crippen LogP contribution in [-0.4, -0.2) is 18.7 Å². The minimum Gasteiger partial charge on any atom is -0.320 e. The molecule has 0 N–H and O–H groups in total. The molecule has 4 aromatic rings. The van der Waals surface area contributed by atoms with Crippen molar-refractivity contribution in [1.29, 1.82) is 5.26 Å². The average molecular weight is 449 g/mol. The molecule has 168 valence electrons. The van der Waals surface area contributed by atoms with Crippen molar-refractivity contribution in [1.82, 2.24) is 18.7 Å². The summed E-state index contributed by atoms with van der Waals surface area (Å²) in [5.41, 5.74) is -0.00870. The maximum atomic E-state index is 14.7. The van der Waals surface area contributed by atoms with Gasteiger partial charge in [0.25, 0.3) is 5.56 Å². The maximum Gasteiger partial charge on any atom is 0.337 e. The highest BCUT2D eigenvalue weighted by Crippen LogP contribution is 2.18. The molecular formula is C24H21F2N5O2. The van der Waals surface area contributed by atoms with E-state index in [-0.39, 0.29) is 35.9 Å². The van der Waals surface area contributed by atoms with Gasteiger partial charge in [0.15, 0.2) is 11.2 Å². The van der Waals surface area contributed by atoms with E-state index < -0.39 is 22.9 Å². The molecule has 2 aromatic heterocycles. The lowest BCUT2D eigenvalue weighted by atomic mass is 10.1. The Morgan fingerprint density at radius 3 is 2.45 bits per heavy atom. The van der Waals surface area contributed by atoms with Gasteiger partial charge in [-0.15, -0.1) is 0 Å². The number of aromatic nitrogens is 4. The van der Waals surface area contributed by atoms with Crippen molar-refractivity contribution in [3.63, 3.8) is 0 Å². The van der Waals surface area contributed by atoms with Gasteiger partial charge >= 0.3 is 5.69 Å². The molecule has 0 saturated heterocycles. The van der Waals surface area contributed by atoms with Crippen LogP contribution in [0.2, 0.25) is 0 Å². The molecule has 0 atom stereocenters. The van der Waals surface area contributed by atoms with Gasteiger partial charge in [0.1, 0.15) is 11.6 Å². The molecule has 0 amide bonds. The largest absolute Gasteiger partial charge is 0.337 e. The van der Waals surface area contributed by atoms with E-state index in [1.54, 1.807) is 28.8 Å². The van der Waals surface area contributed by atoms with Crippen LogP contribution in [0.1, 0.15) is 31.4 Å². The van der Waals surface area contributed by atoms with Crippen LogP contribution >= 0.6 is 0 Å². The summed E-state index contributed by atoms with van der Waals surface area (Å²) in [4.78, 5) is 30.9. The summed E-state index contributed by atoms with van der Waals surface area (Å²) in [5, 5.41) is 8.99. The van der Waals surface area contributed by atoms with E-state index in [2.05, 4.69) is 11.1 Å². The molecule has 0 fully saturated rings. The normalized spacial score (nSPS) is 11.3. The quantitative estimate of drug-likeness (QED) is 0.450. The number of hydrogen-bond acceptors (Lipinski definition) is 4. The zero-order chi connectivity index (χ0) is 23.7. The SMILES string of the molecule is CC(C)CCn1c(=O)c2c(ncn2Cc2ccc(C#N)cc2)n(-c2ccc(F)cc2F)c1=O. The van der Waals surface area contributed by atoms with E-state index in [1.165, 1.54) is 6.33 Å². The van der Waals surface area contributed by atoms with E-state index in [0.29, 0.717) is 18.1 Å². The predicted molar refractivity (Wildman–Crippen MR) is 119 cm³/mol. The number of halogens is 2. The van der Waals surface area contributed by atoms with Crippen molar-refractivity contribution in [2.45, 2.75) is 33.4 Å². The summed E-state index contributed by atoms with van der Waals surface area (Å²) in [6, 6.07) is 11.8. The predicted octanol–water partition coefficient (Wildman–Crippen LogP) is 3.59.